The number of carbonyl (C=O) groups is 1. The number of amides is 1. The van der Waals surface area contributed by atoms with Crippen molar-refractivity contribution >= 4 is 17.4 Å². The summed E-state index contributed by atoms with van der Waals surface area (Å²) in [4.78, 5) is 19.0. The second kappa shape index (κ2) is 8.65. The Labute approximate surface area is 170 Å². The number of hydrogen-bond acceptors (Lipinski definition) is 5. The monoisotopic (exact) mass is 389 g/mol. The lowest BCUT2D eigenvalue weighted by Crippen LogP contribution is -2.29. The number of hydrogen-bond donors (Lipinski definition) is 1. The summed E-state index contributed by atoms with van der Waals surface area (Å²) in [5, 5.41) is 3.20. The van der Waals surface area contributed by atoms with Gasteiger partial charge in [0.15, 0.2) is 0 Å². The predicted octanol–water partition coefficient (Wildman–Crippen LogP) is 3.78. The van der Waals surface area contributed by atoms with Crippen molar-refractivity contribution in [2.45, 2.75) is 6.42 Å². The highest BCUT2D eigenvalue weighted by Gasteiger charge is 2.25. The van der Waals surface area contributed by atoms with Crippen LogP contribution in [-0.4, -0.2) is 37.7 Å². The Kier molecular flexibility index (Phi) is 5.61. The molecule has 1 aliphatic heterocycles. The molecule has 0 radical (unpaired) electrons. The molecule has 0 bridgehead atoms. The highest BCUT2D eigenvalue weighted by molar-refractivity contribution is 6.07. The second-order valence-corrected chi connectivity index (χ2v) is 6.72. The van der Waals surface area contributed by atoms with E-state index in [0.29, 0.717) is 31.1 Å². The molecule has 1 aliphatic rings. The molecule has 0 saturated heterocycles. The van der Waals surface area contributed by atoms with Gasteiger partial charge in [-0.25, -0.2) is 4.98 Å². The zero-order valence-electron chi connectivity index (χ0n) is 16.3. The van der Waals surface area contributed by atoms with Gasteiger partial charge in [-0.3, -0.25) is 4.79 Å². The summed E-state index contributed by atoms with van der Waals surface area (Å²) in [5.74, 6) is 2.28. The van der Waals surface area contributed by atoms with Crippen molar-refractivity contribution < 1.29 is 14.3 Å². The zero-order chi connectivity index (χ0) is 20.1. The minimum Gasteiger partial charge on any atom is -0.497 e. The van der Waals surface area contributed by atoms with Crippen LogP contribution in [0.25, 0.3) is 0 Å². The first-order chi connectivity index (χ1) is 14.2. The van der Waals surface area contributed by atoms with E-state index in [1.54, 1.807) is 13.3 Å². The molecule has 2 heterocycles. The lowest BCUT2D eigenvalue weighted by Gasteiger charge is -2.17. The first-order valence-electron chi connectivity index (χ1n) is 9.61. The third-order valence-corrected chi connectivity index (χ3v) is 4.88. The highest BCUT2D eigenvalue weighted by atomic mass is 16.5. The normalized spacial score (nSPS) is 12.4. The number of aromatic nitrogens is 1. The van der Waals surface area contributed by atoms with Gasteiger partial charge in [0, 0.05) is 18.4 Å². The van der Waals surface area contributed by atoms with Crippen LogP contribution in [0.5, 0.6) is 11.5 Å². The van der Waals surface area contributed by atoms with E-state index >= 15 is 0 Å². The molecule has 0 fully saturated rings. The Balaban J connectivity index is 1.28. The molecule has 4 rings (SSSR count). The van der Waals surface area contributed by atoms with Crippen LogP contribution in [0.4, 0.5) is 11.5 Å². The van der Waals surface area contributed by atoms with Crippen LogP contribution in [0.2, 0.25) is 0 Å². The van der Waals surface area contributed by atoms with E-state index < -0.39 is 0 Å². The molecule has 0 atom stereocenters. The first kappa shape index (κ1) is 18.8. The van der Waals surface area contributed by atoms with Crippen LogP contribution in [0.15, 0.2) is 66.9 Å². The second-order valence-electron chi connectivity index (χ2n) is 6.72. The van der Waals surface area contributed by atoms with Gasteiger partial charge in [0.1, 0.15) is 23.9 Å². The summed E-state index contributed by atoms with van der Waals surface area (Å²) in [7, 11) is 1.63. The van der Waals surface area contributed by atoms with Gasteiger partial charge in [-0.05, 0) is 54.4 Å². The smallest absolute Gasteiger partial charge is 0.259 e. The summed E-state index contributed by atoms with van der Waals surface area (Å²) in [6, 6.07) is 19.1. The number of carbonyl (C=O) groups excluding carboxylic acids is 1. The number of nitrogens with one attached hydrogen (secondary N) is 1. The summed E-state index contributed by atoms with van der Waals surface area (Å²) >= 11 is 0. The lowest BCUT2D eigenvalue weighted by atomic mass is 10.2. The first-order valence-corrected chi connectivity index (χ1v) is 9.61. The maximum absolute atomic E-state index is 12.8. The molecule has 29 heavy (non-hydrogen) atoms. The highest BCUT2D eigenvalue weighted by Crippen LogP contribution is 2.28. The maximum Gasteiger partial charge on any atom is 0.259 e. The van der Waals surface area contributed by atoms with Crippen LogP contribution in [0.3, 0.4) is 0 Å². The fraction of sp³-hybridized carbons (Fsp3) is 0.217. The van der Waals surface area contributed by atoms with Crippen LogP contribution < -0.4 is 19.7 Å². The number of fused-ring (bicyclic) bond motifs is 1. The number of pyridine rings is 1. The number of para-hydroxylation sites is 1. The third-order valence-electron chi connectivity index (χ3n) is 4.88. The third kappa shape index (κ3) is 4.32. The molecular formula is C23H23N3O3. The molecule has 1 aromatic heterocycles. The Hall–Kier alpha value is -3.54. The molecule has 148 valence electrons. The van der Waals surface area contributed by atoms with Crippen molar-refractivity contribution in [2.75, 3.05) is 37.0 Å². The van der Waals surface area contributed by atoms with Gasteiger partial charge in [-0.2, -0.15) is 0 Å². The van der Waals surface area contributed by atoms with Crippen LogP contribution in [-0.2, 0) is 6.42 Å². The fourth-order valence-electron chi connectivity index (χ4n) is 3.35. The van der Waals surface area contributed by atoms with Crippen LogP contribution >= 0.6 is 0 Å². The molecule has 3 aromatic rings. The van der Waals surface area contributed by atoms with Gasteiger partial charge in [-0.1, -0.05) is 18.2 Å². The Bertz CT molecular complexity index is 971. The van der Waals surface area contributed by atoms with Crippen molar-refractivity contribution in [1.82, 2.24) is 4.98 Å². The number of nitrogens with zero attached hydrogens (tertiary/aromatic N) is 2. The van der Waals surface area contributed by atoms with Crippen molar-refractivity contribution in [3.63, 3.8) is 0 Å². The lowest BCUT2D eigenvalue weighted by molar-refractivity contribution is 0.0989. The van der Waals surface area contributed by atoms with Crippen molar-refractivity contribution in [3.8, 4) is 11.5 Å². The molecule has 0 aliphatic carbocycles. The van der Waals surface area contributed by atoms with Gasteiger partial charge in [0.2, 0.25) is 0 Å². The van der Waals surface area contributed by atoms with Crippen LogP contribution in [0.1, 0.15) is 15.9 Å². The quantitative estimate of drug-likeness (QED) is 0.623. The van der Waals surface area contributed by atoms with Crippen molar-refractivity contribution in [1.29, 1.82) is 0 Å². The minimum atomic E-state index is -0.0168. The Morgan fingerprint density at radius 3 is 2.62 bits per heavy atom. The fourth-order valence-corrected chi connectivity index (χ4v) is 3.35. The maximum atomic E-state index is 12.8. The molecule has 2 aromatic carbocycles. The van der Waals surface area contributed by atoms with E-state index in [2.05, 4.69) is 16.4 Å². The number of rotatable bonds is 7. The summed E-state index contributed by atoms with van der Waals surface area (Å²) in [6.07, 6.45) is 2.51. The van der Waals surface area contributed by atoms with Gasteiger partial charge in [0.05, 0.1) is 19.2 Å². The largest absolute Gasteiger partial charge is 0.497 e. The number of ether oxygens (including phenoxy) is 2. The molecule has 1 N–H and O–H groups in total. The summed E-state index contributed by atoms with van der Waals surface area (Å²) in [6.45, 7) is 1.81. The molecule has 0 spiro atoms. The van der Waals surface area contributed by atoms with Crippen LogP contribution in [0, 0.1) is 0 Å². The molecular weight excluding hydrogens is 366 g/mol. The predicted molar refractivity (Wildman–Crippen MR) is 113 cm³/mol. The van der Waals surface area contributed by atoms with Crippen molar-refractivity contribution in [3.05, 3.63) is 78.0 Å². The van der Waals surface area contributed by atoms with E-state index in [4.69, 9.17) is 9.47 Å². The van der Waals surface area contributed by atoms with Crippen molar-refractivity contribution in [2.24, 2.45) is 0 Å². The molecule has 1 amide bonds. The average Bonchev–Trinajstić information content (AvgIpc) is 3.21. The number of methoxy groups -OCH3 is 1. The van der Waals surface area contributed by atoms with Gasteiger partial charge >= 0.3 is 0 Å². The zero-order valence-corrected chi connectivity index (χ0v) is 16.3. The number of anilines is 2. The van der Waals surface area contributed by atoms with E-state index in [-0.39, 0.29) is 5.91 Å². The summed E-state index contributed by atoms with van der Waals surface area (Å²) in [5.41, 5.74) is 2.79. The minimum absolute atomic E-state index is 0.0168. The van der Waals surface area contributed by atoms with Gasteiger partial charge in [-0.15, -0.1) is 0 Å². The van der Waals surface area contributed by atoms with E-state index in [1.165, 1.54) is 5.56 Å². The standard InChI is InChI=1S/C23H23N3O3/c1-28-19-7-9-20(10-8-19)29-15-13-24-22-11-6-18(16-25-22)23(27)26-14-12-17-4-2-3-5-21(17)26/h2-11,16H,12-15H2,1H3,(H,24,25). The SMILES string of the molecule is COc1ccc(OCCNc2ccc(C(=O)N3CCc4ccccc43)cn2)cc1. The molecule has 6 heteroatoms. The topological polar surface area (TPSA) is 63.7 Å². The molecule has 0 saturated carbocycles. The van der Waals surface area contributed by atoms with E-state index in [0.717, 1.165) is 23.6 Å². The van der Waals surface area contributed by atoms with Gasteiger partial charge in [0.25, 0.3) is 5.91 Å². The Morgan fingerprint density at radius 2 is 1.86 bits per heavy atom. The molecule has 0 unspecified atom stereocenters. The molecule has 6 nitrogen and oxygen atoms in total. The van der Waals surface area contributed by atoms with E-state index in [1.807, 2.05) is 59.5 Å². The Morgan fingerprint density at radius 1 is 1.07 bits per heavy atom. The average molecular weight is 389 g/mol. The number of benzene rings is 2. The summed E-state index contributed by atoms with van der Waals surface area (Å²) < 4.78 is 10.8. The van der Waals surface area contributed by atoms with Gasteiger partial charge < -0.3 is 19.7 Å². The van der Waals surface area contributed by atoms with E-state index in [9.17, 15) is 4.79 Å².